The summed E-state index contributed by atoms with van der Waals surface area (Å²) in [5.41, 5.74) is 1.73. The van der Waals surface area contributed by atoms with E-state index in [1.807, 2.05) is 6.92 Å². The lowest BCUT2D eigenvalue weighted by Crippen LogP contribution is -2.34. The van der Waals surface area contributed by atoms with Gasteiger partial charge in [0.05, 0.1) is 11.0 Å². The van der Waals surface area contributed by atoms with E-state index in [-0.39, 0.29) is 54.8 Å². The molecular formula is C23H25FN4O3. The van der Waals surface area contributed by atoms with E-state index in [9.17, 15) is 18.8 Å². The van der Waals surface area contributed by atoms with Crippen LogP contribution >= 0.6 is 0 Å². The van der Waals surface area contributed by atoms with Gasteiger partial charge in [0.2, 0.25) is 11.8 Å². The van der Waals surface area contributed by atoms with Gasteiger partial charge in [-0.05, 0) is 36.2 Å². The predicted molar refractivity (Wildman–Crippen MR) is 116 cm³/mol. The summed E-state index contributed by atoms with van der Waals surface area (Å²) in [7, 11) is 0. The summed E-state index contributed by atoms with van der Waals surface area (Å²) in [5, 5.41) is 5.52. The summed E-state index contributed by atoms with van der Waals surface area (Å²) >= 11 is 0. The van der Waals surface area contributed by atoms with E-state index < -0.39 is 0 Å². The van der Waals surface area contributed by atoms with Crippen LogP contribution in [0, 0.1) is 5.82 Å². The predicted octanol–water partition coefficient (Wildman–Crippen LogP) is 2.31. The molecule has 0 unspecified atom stereocenters. The highest BCUT2D eigenvalue weighted by atomic mass is 19.1. The van der Waals surface area contributed by atoms with Crippen molar-refractivity contribution >= 4 is 22.8 Å². The molecule has 0 aliphatic carbocycles. The number of nitrogens with zero attached hydrogens (tertiary/aromatic N) is 2. The van der Waals surface area contributed by atoms with E-state index >= 15 is 0 Å². The standard InChI is InChI=1S/C23H25FN4O3/c1-2-13-25-21(29)12-11-19-23(31)28(20-6-4-3-5-18(20)27-19)15-22(30)26-14-16-7-9-17(24)10-8-16/h3-10H,2,11-15H2,1H3,(H,25,29)(H,26,30). The Morgan fingerprint density at radius 3 is 2.52 bits per heavy atom. The zero-order valence-corrected chi connectivity index (χ0v) is 17.4. The van der Waals surface area contributed by atoms with Gasteiger partial charge in [-0.3, -0.25) is 19.0 Å². The molecule has 162 valence electrons. The Morgan fingerprint density at radius 1 is 1.03 bits per heavy atom. The van der Waals surface area contributed by atoms with Gasteiger partial charge in [-0.1, -0.05) is 31.2 Å². The zero-order chi connectivity index (χ0) is 22.2. The summed E-state index contributed by atoms with van der Waals surface area (Å²) in [6, 6.07) is 12.9. The molecule has 0 spiro atoms. The third-order valence-electron chi connectivity index (χ3n) is 4.79. The Labute approximate surface area is 179 Å². The van der Waals surface area contributed by atoms with Crippen LogP contribution in [-0.2, 0) is 29.1 Å². The smallest absolute Gasteiger partial charge is 0.273 e. The van der Waals surface area contributed by atoms with Crippen LogP contribution in [0.1, 0.15) is 31.0 Å². The molecule has 3 aromatic rings. The van der Waals surface area contributed by atoms with Crippen molar-refractivity contribution in [1.82, 2.24) is 20.2 Å². The van der Waals surface area contributed by atoms with E-state index in [4.69, 9.17) is 0 Å². The molecule has 2 amide bonds. The number of fused-ring (bicyclic) bond motifs is 1. The van der Waals surface area contributed by atoms with Crippen LogP contribution in [0.15, 0.2) is 53.3 Å². The fraction of sp³-hybridized carbons (Fsp3) is 0.304. The highest BCUT2D eigenvalue weighted by Crippen LogP contribution is 2.11. The minimum atomic E-state index is -0.390. The summed E-state index contributed by atoms with van der Waals surface area (Å²) < 4.78 is 14.4. The molecule has 0 fully saturated rings. The van der Waals surface area contributed by atoms with Crippen LogP contribution in [0.3, 0.4) is 0 Å². The number of carbonyl (C=O) groups is 2. The Bertz CT molecular complexity index is 1130. The Kier molecular flexibility index (Phi) is 7.48. The number of amides is 2. The zero-order valence-electron chi connectivity index (χ0n) is 17.4. The molecule has 1 aromatic heterocycles. The maximum Gasteiger partial charge on any atom is 0.273 e. The van der Waals surface area contributed by atoms with Crippen LogP contribution in [0.25, 0.3) is 11.0 Å². The van der Waals surface area contributed by atoms with Crippen molar-refractivity contribution in [2.45, 2.75) is 39.3 Å². The van der Waals surface area contributed by atoms with E-state index in [1.165, 1.54) is 16.7 Å². The summed E-state index contributed by atoms with van der Waals surface area (Å²) in [6.45, 7) is 2.59. The van der Waals surface area contributed by atoms with E-state index in [0.29, 0.717) is 17.6 Å². The van der Waals surface area contributed by atoms with Gasteiger partial charge in [0.15, 0.2) is 0 Å². The maximum absolute atomic E-state index is 13.0. The lowest BCUT2D eigenvalue weighted by molar-refractivity contribution is -0.122. The van der Waals surface area contributed by atoms with Gasteiger partial charge in [-0.25, -0.2) is 9.37 Å². The lowest BCUT2D eigenvalue weighted by atomic mass is 10.2. The molecule has 0 saturated heterocycles. The monoisotopic (exact) mass is 424 g/mol. The van der Waals surface area contributed by atoms with Crippen molar-refractivity contribution in [1.29, 1.82) is 0 Å². The number of hydrogen-bond acceptors (Lipinski definition) is 4. The first-order valence-corrected chi connectivity index (χ1v) is 10.2. The number of benzene rings is 2. The van der Waals surface area contributed by atoms with E-state index in [2.05, 4.69) is 15.6 Å². The second kappa shape index (κ2) is 10.5. The molecule has 2 N–H and O–H groups in total. The van der Waals surface area contributed by atoms with Gasteiger partial charge < -0.3 is 10.6 Å². The molecule has 0 atom stereocenters. The van der Waals surface area contributed by atoms with Crippen molar-refractivity contribution in [3.05, 3.63) is 76.0 Å². The Morgan fingerprint density at radius 2 is 1.77 bits per heavy atom. The number of halogens is 1. The molecule has 0 saturated carbocycles. The minimum Gasteiger partial charge on any atom is -0.356 e. The third-order valence-corrected chi connectivity index (χ3v) is 4.79. The summed E-state index contributed by atoms with van der Waals surface area (Å²) in [6.07, 6.45) is 1.17. The third kappa shape index (κ3) is 5.97. The molecule has 1 heterocycles. The summed E-state index contributed by atoms with van der Waals surface area (Å²) in [5.74, 6) is -0.838. The number of aromatic nitrogens is 2. The lowest BCUT2D eigenvalue weighted by Gasteiger charge is -2.13. The second-order valence-corrected chi connectivity index (χ2v) is 7.19. The number of hydrogen-bond donors (Lipinski definition) is 2. The number of para-hydroxylation sites is 2. The van der Waals surface area contributed by atoms with Gasteiger partial charge in [0, 0.05) is 25.9 Å². The molecular weight excluding hydrogens is 399 g/mol. The first-order chi connectivity index (χ1) is 15.0. The van der Waals surface area contributed by atoms with Crippen molar-refractivity contribution in [3.63, 3.8) is 0 Å². The number of nitrogens with one attached hydrogen (secondary N) is 2. The fourth-order valence-electron chi connectivity index (χ4n) is 3.15. The highest BCUT2D eigenvalue weighted by Gasteiger charge is 2.15. The van der Waals surface area contributed by atoms with Crippen LogP contribution < -0.4 is 16.2 Å². The van der Waals surface area contributed by atoms with Crippen LogP contribution in [-0.4, -0.2) is 27.9 Å². The van der Waals surface area contributed by atoms with Gasteiger partial charge in [-0.2, -0.15) is 0 Å². The summed E-state index contributed by atoms with van der Waals surface area (Å²) in [4.78, 5) is 41.9. The minimum absolute atomic E-state index is 0.139. The van der Waals surface area contributed by atoms with Crippen LogP contribution in [0.5, 0.6) is 0 Å². The largest absolute Gasteiger partial charge is 0.356 e. The molecule has 0 bridgehead atoms. The van der Waals surface area contributed by atoms with Gasteiger partial charge in [-0.15, -0.1) is 0 Å². The van der Waals surface area contributed by atoms with Gasteiger partial charge >= 0.3 is 0 Å². The van der Waals surface area contributed by atoms with Crippen LogP contribution in [0.4, 0.5) is 4.39 Å². The number of carbonyl (C=O) groups excluding carboxylic acids is 2. The van der Waals surface area contributed by atoms with Gasteiger partial charge in [0.1, 0.15) is 18.1 Å². The average molecular weight is 424 g/mol. The molecule has 3 rings (SSSR count). The van der Waals surface area contributed by atoms with Crippen LogP contribution in [0.2, 0.25) is 0 Å². The van der Waals surface area contributed by atoms with E-state index in [1.54, 1.807) is 36.4 Å². The molecule has 8 heteroatoms. The number of rotatable bonds is 9. The highest BCUT2D eigenvalue weighted by molar-refractivity contribution is 5.80. The molecule has 0 aliphatic rings. The molecule has 0 radical (unpaired) electrons. The van der Waals surface area contributed by atoms with Crippen molar-refractivity contribution < 1.29 is 14.0 Å². The number of aryl methyl sites for hydroxylation is 1. The van der Waals surface area contributed by atoms with Crippen molar-refractivity contribution in [3.8, 4) is 0 Å². The van der Waals surface area contributed by atoms with Gasteiger partial charge in [0.25, 0.3) is 5.56 Å². The fourth-order valence-corrected chi connectivity index (χ4v) is 3.15. The maximum atomic E-state index is 13.0. The van der Waals surface area contributed by atoms with E-state index in [0.717, 1.165) is 12.0 Å². The quantitative estimate of drug-likeness (QED) is 0.551. The Hall–Kier alpha value is -3.55. The Balaban J connectivity index is 1.77. The topological polar surface area (TPSA) is 93.1 Å². The SMILES string of the molecule is CCCNC(=O)CCc1nc2ccccc2n(CC(=O)NCc2ccc(F)cc2)c1=O. The average Bonchev–Trinajstić information content (AvgIpc) is 2.78. The second-order valence-electron chi connectivity index (χ2n) is 7.19. The molecule has 0 aliphatic heterocycles. The normalized spacial score (nSPS) is 10.8. The molecule has 7 nitrogen and oxygen atoms in total. The molecule has 31 heavy (non-hydrogen) atoms. The van der Waals surface area contributed by atoms with Crippen molar-refractivity contribution in [2.24, 2.45) is 0 Å². The first kappa shape index (κ1) is 22.1. The first-order valence-electron chi connectivity index (χ1n) is 10.2. The molecule has 2 aromatic carbocycles. The van der Waals surface area contributed by atoms with Crippen molar-refractivity contribution in [2.75, 3.05) is 6.54 Å².